The van der Waals surface area contributed by atoms with Gasteiger partial charge in [0, 0.05) is 16.3 Å². The first-order valence-corrected chi connectivity index (χ1v) is 6.98. The van der Waals surface area contributed by atoms with E-state index in [2.05, 4.69) is 0 Å². The summed E-state index contributed by atoms with van der Waals surface area (Å²) >= 11 is 1.54. The van der Waals surface area contributed by atoms with Gasteiger partial charge in [0.1, 0.15) is 5.75 Å². The van der Waals surface area contributed by atoms with E-state index < -0.39 is 5.97 Å². The van der Waals surface area contributed by atoms with Crippen LogP contribution in [-0.4, -0.2) is 18.2 Å². The monoisotopic (exact) mass is 289 g/mol. The summed E-state index contributed by atoms with van der Waals surface area (Å²) in [5.74, 6) is 0.324. The van der Waals surface area contributed by atoms with Crippen LogP contribution < -0.4 is 10.5 Å². The zero-order chi connectivity index (χ0) is 14.5. The highest BCUT2D eigenvalue weighted by atomic mass is 32.2. The molecular weight excluding hydrogens is 274 g/mol. The molecule has 2 aromatic carbocycles. The molecule has 0 atom stereocenters. The second-order valence-electron chi connectivity index (χ2n) is 4.15. The van der Waals surface area contributed by atoms with Crippen LogP contribution in [0.25, 0.3) is 0 Å². The van der Waals surface area contributed by atoms with E-state index in [4.69, 9.17) is 10.5 Å². The second-order valence-corrected chi connectivity index (χ2v) is 5.20. The average Bonchev–Trinajstić information content (AvgIpc) is 2.45. The molecule has 0 aliphatic rings. The Hall–Kier alpha value is -2.14. The highest BCUT2D eigenvalue weighted by molar-refractivity contribution is 7.98. The van der Waals surface area contributed by atoms with E-state index >= 15 is 0 Å². The van der Waals surface area contributed by atoms with Gasteiger partial charge in [-0.3, -0.25) is 0 Å². The van der Waals surface area contributed by atoms with Crippen molar-refractivity contribution in [3.63, 3.8) is 0 Å². The zero-order valence-electron chi connectivity index (χ0n) is 11.0. The molecule has 0 amide bonds. The molecular formula is C15H15NO3S. The third-order valence-electron chi connectivity index (χ3n) is 2.83. The van der Waals surface area contributed by atoms with Gasteiger partial charge in [-0.1, -0.05) is 18.2 Å². The third-order valence-corrected chi connectivity index (χ3v) is 3.87. The first-order chi connectivity index (χ1) is 9.61. The lowest BCUT2D eigenvalue weighted by Crippen LogP contribution is -2.06. The Labute approximate surface area is 121 Å². The lowest BCUT2D eigenvalue weighted by atomic mass is 10.1. The van der Waals surface area contributed by atoms with Gasteiger partial charge in [-0.05, 0) is 29.8 Å². The standard InChI is InChI=1S/C15H15NO3S/c1-19-11-5-3-6-12(8-11)20-9-10-4-2-7-13(16)14(10)15(17)18/h2-8H,9,16H2,1H3,(H,17,18). The predicted molar refractivity (Wildman–Crippen MR) is 80.4 cm³/mol. The minimum Gasteiger partial charge on any atom is -0.497 e. The number of carboxylic acid groups (broad SMARTS) is 1. The SMILES string of the molecule is COc1cccc(SCc2cccc(N)c2C(=O)O)c1. The molecule has 2 aromatic rings. The van der Waals surface area contributed by atoms with Crippen molar-refractivity contribution in [2.24, 2.45) is 0 Å². The number of nitrogens with two attached hydrogens (primary N) is 1. The molecule has 3 N–H and O–H groups in total. The maximum atomic E-state index is 11.2. The number of nitrogen functional groups attached to an aromatic ring is 1. The zero-order valence-corrected chi connectivity index (χ0v) is 11.8. The summed E-state index contributed by atoms with van der Waals surface area (Å²) in [5, 5.41) is 9.22. The van der Waals surface area contributed by atoms with Crippen molar-refractivity contribution in [1.82, 2.24) is 0 Å². The summed E-state index contributed by atoms with van der Waals surface area (Å²) in [7, 11) is 1.62. The van der Waals surface area contributed by atoms with Gasteiger partial charge in [-0.15, -0.1) is 11.8 Å². The van der Waals surface area contributed by atoms with Crippen LogP contribution in [0.3, 0.4) is 0 Å². The highest BCUT2D eigenvalue weighted by Gasteiger charge is 2.13. The van der Waals surface area contributed by atoms with Crippen molar-refractivity contribution in [1.29, 1.82) is 0 Å². The van der Waals surface area contributed by atoms with Crippen LogP contribution >= 0.6 is 11.8 Å². The van der Waals surface area contributed by atoms with E-state index in [1.54, 1.807) is 37.1 Å². The van der Waals surface area contributed by atoms with Crippen molar-refractivity contribution < 1.29 is 14.6 Å². The van der Waals surface area contributed by atoms with Crippen LogP contribution in [0.2, 0.25) is 0 Å². The van der Waals surface area contributed by atoms with Crippen molar-refractivity contribution in [3.8, 4) is 5.75 Å². The Morgan fingerprint density at radius 1 is 1.30 bits per heavy atom. The van der Waals surface area contributed by atoms with Gasteiger partial charge < -0.3 is 15.6 Å². The number of carboxylic acids is 1. The van der Waals surface area contributed by atoms with Gasteiger partial charge in [0.15, 0.2) is 0 Å². The number of carbonyl (C=O) groups is 1. The van der Waals surface area contributed by atoms with Crippen LogP contribution in [0.1, 0.15) is 15.9 Å². The summed E-state index contributed by atoms with van der Waals surface area (Å²) in [6.45, 7) is 0. The fourth-order valence-electron chi connectivity index (χ4n) is 1.85. The molecule has 20 heavy (non-hydrogen) atoms. The van der Waals surface area contributed by atoms with Crippen molar-refractivity contribution in [2.75, 3.05) is 12.8 Å². The molecule has 0 radical (unpaired) electrons. The van der Waals surface area contributed by atoms with Crippen LogP contribution in [0.4, 0.5) is 5.69 Å². The number of ether oxygens (including phenoxy) is 1. The summed E-state index contributed by atoms with van der Waals surface area (Å²) in [6.07, 6.45) is 0. The molecule has 0 unspecified atom stereocenters. The molecule has 0 aliphatic carbocycles. The normalized spacial score (nSPS) is 10.2. The molecule has 0 bridgehead atoms. The predicted octanol–water partition coefficient (Wildman–Crippen LogP) is 3.27. The van der Waals surface area contributed by atoms with E-state index in [1.807, 2.05) is 24.3 Å². The number of thioether (sulfide) groups is 1. The molecule has 0 saturated heterocycles. The topological polar surface area (TPSA) is 72.5 Å². The molecule has 104 valence electrons. The molecule has 0 aromatic heterocycles. The summed E-state index contributed by atoms with van der Waals surface area (Å²) in [5.41, 5.74) is 6.92. The number of hydrogen-bond acceptors (Lipinski definition) is 4. The van der Waals surface area contributed by atoms with E-state index in [-0.39, 0.29) is 5.56 Å². The maximum Gasteiger partial charge on any atom is 0.338 e. The first-order valence-electron chi connectivity index (χ1n) is 5.99. The highest BCUT2D eigenvalue weighted by Crippen LogP contribution is 2.28. The minimum absolute atomic E-state index is 0.183. The Kier molecular flexibility index (Phi) is 4.53. The number of rotatable bonds is 5. The molecule has 4 nitrogen and oxygen atoms in total. The summed E-state index contributed by atoms with van der Waals surface area (Å²) in [6, 6.07) is 12.8. The fraction of sp³-hybridized carbons (Fsp3) is 0.133. The van der Waals surface area contributed by atoms with E-state index in [9.17, 15) is 9.90 Å². The van der Waals surface area contributed by atoms with Gasteiger partial charge >= 0.3 is 5.97 Å². The molecule has 0 heterocycles. The molecule has 2 rings (SSSR count). The Bertz CT molecular complexity index is 628. The fourth-order valence-corrected chi connectivity index (χ4v) is 2.79. The largest absolute Gasteiger partial charge is 0.497 e. The molecule has 0 aliphatic heterocycles. The van der Waals surface area contributed by atoms with Crippen molar-refractivity contribution >= 4 is 23.4 Å². The van der Waals surface area contributed by atoms with Crippen molar-refractivity contribution in [2.45, 2.75) is 10.6 Å². The molecule has 0 fully saturated rings. The maximum absolute atomic E-state index is 11.2. The Morgan fingerprint density at radius 3 is 2.75 bits per heavy atom. The van der Waals surface area contributed by atoms with E-state index in [1.165, 1.54) is 0 Å². The number of hydrogen-bond donors (Lipinski definition) is 2. The van der Waals surface area contributed by atoms with Gasteiger partial charge in [-0.2, -0.15) is 0 Å². The van der Waals surface area contributed by atoms with E-state index in [0.717, 1.165) is 10.6 Å². The smallest absolute Gasteiger partial charge is 0.338 e. The summed E-state index contributed by atoms with van der Waals surface area (Å²) < 4.78 is 5.16. The molecule has 0 saturated carbocycles. The Balaban J connectivity index is 2.18. The summed E-state index contributed by atoms with van der Waals surface area (Å²) in [4.78, 5) is 12.3. The number of aromatic carboxylic acids is 1. The number of methoxy groups -OCH3 is 1. The molecule has 0 spiro atoms. The van der Waals surface area contributed by atoms with Gasteiger partial charge in [0.2, 0.25) is 0 Å². The van der Waals surface area contributed by atoms with Gasteiger partial charge in [-0.25, -0.2) is 4.79 Å². The second kappa shape index (κ2) is 6.34. The van der Waals surface area contributed by atoms with Crippen molar-refractivity contribution in [3.05, 3.63) is 53.6 Å². The quantitative estimate of drug-likeness (QED) is 0.653. The Morgan fingerprint density at radius 2 is 2.05 bits per heavy atom. The van der Waals surface area contributed by atoms with E-state index in [0.29, 0.717) is 17.0 Å². The number of anilines is 1. The van der Waals surface area contributed by atoms with Crippen LogP contribution in [0.5, 0.6) is 5.75 Å². The van der Waals surface area contributed by atoms with Crippen LogP contribution in [0.15, 0.2) is 47.4 Å². The van der Waals surface area contributed by atoms with Gasteiger partial charge in [0.05, 0.1) is 12.7 Å². The lowest BCUT2D eigenvalue weighted by Gasteiger charge is -2.09. The van der Waals surface area contributed by atoms with Crippen LogP contribution in [0, 0.1) is 0 Å². The molecule has 5 heteroatoms. The first kappa shape index (κ1) is 14.3. The van der Waals surface area contributed by atoms with Gasteiger partial charge in [0.25, 0.3) is 0 Å². The number of benzene rings is 2. The van der Waals surface area contributed by atoms with Crippen LogP contribution in [-0.2, 0) is 5.75 Å². The average molecular weight is 289 g/mol. The lowest BCUT2D eigenvalue weighted by molar-refractivity contribution is 0.0697. The minimum atomic E-state index is -0.996. The third kappa shape index (κ3) is 3.24.